The van der Waals surface area contributed by atoms with Gasteiger partial charge in [0.05, 0.1) is 0 Å². The zero-order valence-electron chi connectivity index (χ0n) is 9.14. The van der Waals surface area contributed by atoms with E-state index in [1.807, 2.05) is 26.8 Å². The van der Waals surface area contributed by atoms with Crippen LogP contribution in [0.5, 0.6) is 0 Å². The zero-order valence-corrected chi connectivity index (χ0v) is 9.14. The Labute approximate surface area is 80.6 Å². The topological polar surface area (TPSA) is 41.1 Å². The van der Waals surface area contributed by atoms with E-state index in [1.165, 1.54) is 0 Å². The van der Waals surface area contributed by atoms with Crippen molar-refractivity contribution in [1.82, 2.24) is 10.6 Å². The molecule has 0 rings (SSSR count). The van der Waals surface area contributed by atoms with Crippen molar-refractivity contribution in [2.24, 2.45) is 5.92 Å². The summed E-state index contributed by atoms with van der Waals surface area (Å²) < 4.78 is 0. The Morgan fingerprint density at radius 2 is 1.85 bits per heavy atom. The highest BCUT2D eigenvalue weighted by molar-refractivity contribution is 5.75. The minimum atomic E-state index is -0.185. The van der Waals surface area contributed by atoms with Gasteiger partial charge in [-0.15, -0.1) is 0 Å². The van der Waals surface area contributed by atoms with E-state index >= 15 is 0 Å². The van der Waals surface area contributed by atoms with Crippen molar-refractivity contribution in [2.45, 2.75) is 40.2 Å². The van der Waals surface area contributed by atoms with Crippen molar-refractivity contribution in [3.05, 3.63) is 12.3 Å². The summed E-state index contributed by atoms with van der Waals surface area (Å²) in [6.45, 7) is 9.94. The maximum atomic E-state index is 11.2. The van der Waals surface area contributed by atoms with Gasteiger partial charge in [-0.3, -0.25) is 0 Å². The first-order valence-electron chi connectivity index (χ1n) is 4.56. The summed E-state index contributed by atoms with van der Waals surface area (Å²) in [4.78, 5) is 11.2. The van der Waals surface area contributed by atoms with Gasteiger partial charge < -0.3 is 10.6 Å². The van der Waals surface area contributed by atoms with Gasteiger partial charge in [0.25, 0.3) is 0 Å². The van der Waals surface area contributed by atoms with Gasteiger partial charge in [0.2, 0.25) is 0 Å². The Kier molecular flexibility index (Phi) is 4.52. The normalized spacial score (nSPS) is 12.2. The highest BCUT2D eigenvalue weighted by atomic mass is 16.2. The SMILES string of the molecule is CC(C)/C=C/NC(=O)NC(C)(C)C. The first-order valence-corrected chi connectivity index (χ1v) is 4.56. The molecule has 0 spiro atoms. The quantitative estimate of drug-likeness (QED) is 0.679. The fraction of sp³-hybridized carbons (Fsp3) is 0.700. The molecule has 0 aromatic heterocycles. The molecule has 2 amide bonds. The number of urea groups is 1. The minimum Gasteiger partial charge on any atom is -0.333 e. The van der Waals surface area contributed by atoms with Gasteiger partial charge >= 0.3 is 6.03 Å². The number of hydrogen-bond donors (Lipinski definition) is 2. The van der Waals surface area contributed by atoms with Crippen LogP contribution in [-0.2, 0) is 0 Å². The third-order valence-electron chi connectivity index (χ3n) is 1.18. The average molecular weight is 184 g/mol. The predicted octanol–water partition coefficient (Wildman–Crippen LogP) is 2.25. The summed E-state index contributed by atoms with van der Waals surface area (Å²) in [6, 6.07) is -0.163. The number of allylic oxidation sites excluding steroid dienone is 1. The number of nitrogens with one attached hydrogen (secondary N) is 2. The van der Waals surface area contributed by atoms with Crippen LogP contribution in [0.4, 0.5) is 4.79 Å². The third kappa shape index (κ3) is 8.92. The fourth-order valence-corrected chi connectivity index (χ4v) is 0.693. The fourth-order valence-electron chi connectivity index (χ4n) is 0.693. The van der Waals surface area contributed by atoms with Gasteiger partial charge in [0.15, 0.2) is 0 Å². The second-order valence-electron chi connectivity index (χ2n) is 4.45. The van der Waals surface area contributed by atoms with Crippen molar-refractivity contribution < 1.29 is 4.79 Å². The van der Waals surface area contributed by atoms with Crippen molar-refractivity contribution in [2.75, 3.05) is 0 Å². The second kappa shape index (κ2) is 4.90. The largest absolute Gasteiger partial charge is 0.333 e. The first-order chi connectivity index (χ1) is 5.81. The molecule has 0 saturated heterocycles. The van der Waals surface area contributed by atoms with Gasteiger partial charge in [-0.25, -0.2) is 4.79 Å². The number of rotatable bonds is 2. The van der Waals surface area contributed by atoms with E-state index in [9.17, 15) is 4.79 Å². The second-order valence-corrected chi connectivity index (χ2v) is 4.45. The van der Waals surface area contributed by atoms with E-state index in [0.29, 0.717) is 5.92 Å². The molecule has 0 radical (unpaired) electrons. The molecule has 0 fully saturated rings. The standard InChI is InChI=1S/C10H20N2O/c1-8(2)6-7-11-9(13)12-10(3,4)5/h6-8H,1-5H3,(H2,11,12,13)/b7-6+. The van der Waals surface area contributed by atoms with E-state index in [-0.39, 0.29) is 11.6 Å². The van der Waals surface area contributed by atoms with Crippen LogP contribution in [0.15, 0.2) is 12.3 Å². The highest BCUT2D eigenvalue weighted by Gasteiger charge is 2.11. The smallest absolute Gasteiger partial charge is 0.319 e. The molecule has 0 aromatic rings. The van der Waals surface area contributed by atoms with Crippen LogP contribution in [0.1, 0.15) is 34.6 Å². The Morgan fingerprint density at radius 1 is 1.31 bits per heavy atom. The summed E-state index contributed by atoms with van der Waals surface area (Å²) in [6.07, 6.45) is 3.61. The summed E-state index contributed by atoms with van der Waals surface area (Å²) in [5, 5.41) is 5.43. The van der Waals surface area contributed by atoms with Crippen LogP contribution in [0.25, 0.3) is 0 Å². The summed E-state index contributed by atoms with van der Waals surface area (Å²) >= 11 is 0. The maximum absolute atomic E-state index is 11.2. The van der Waals surface area contributed by atoms with Crippen molar-refractivity contribution in [3.8, 4) is 0 Å². The lowest BCUT2D eigenvalue weighted by Crippen LogP contribution is -2.44. The number of carbonyl (C=O) groups excluding carboxylic acids is 1. The molecule has 2 N–H and O–H groups in total. The number of hydrogen-bond acceptors (Lipinski definition) is 1. The lowest BCUT2D eigenvalue weighted by atomic mass is 10.1. The maximum Gasteiger partial charge on any atom is 0.319 e. The lowest BCUT2D eigenvalue weighted by Gasteiger charge is -2.19. The highest BCUT2D eigenvalue weighted by Crippen LogP contribution is 1.97. The Morgan fingerprint density at radius 3 is 2.23 bits per heavy atom. The van der Waals surface area contributed by atoms with Crippen LogP contribution in [0.2, 0.25) is 0 Å². The number of amides is 2. The molecule has 0 atom stereocenters. The van der Waals surface area contributed by atoms with Gasteiger partial charge in [-0.2, -0.15) is 0 Å². The van der Waals surface area contributed by atoms with Crippen LogP contribution in [0, 0.1) is 5.92 Å². The molecular weight excluding hydrogens is 164 g/mol. The van der Waals surface area contributed by atoms with Gasteiger partial charge in [-0.1, -0.05) is 19.9 Å². The van der Waals surface area contributed by atoms with Crippen LogP contribution < -0.4 is 10.6 Å². The summed E-state index contributed by atoms with van der Waals surface area (Å²) in [7, 11) is 0. The molecule has 0 heterocycles. The lowest BCUT2D eigenvalue weighted by molar-refractivity contribution is 0.235. The minimum absolute atomic E-state index is 0.163. The summed E-state index contributed by atoms with van der Waals surface area (Å²) in [5.74, 6) is 0.454. The molecule has 0 aliphatic rings. The van der Waals surface area contributed by atoms with Crippen LogP contribution in [-0.4, -0.2) is 11.6 Å². The Hall–Kier alpha value is -0.990. The molecule has 0 aliphatic heterocycles. The third-order valence-corrected chi connectivity index (χ3v) is 1.18. The first kappa shape index (κ1) is 12.0. The van der Waals surface area contributed by atoms with Gasteiger partial charge in [0, 0.05) is 11.7 Å². The van der Waals surface area contributed by atoms with E-state index in [1.54, 1.807) is 6.20 Å². The Balaban J connectivity index is 3.77. The van der Waals surface area contributed by atoms with Crippen molar-refractivity contribution >= 4 is 6.03 Å². The van der Waals surface area contributed by atoms with E-state index in [4.69, 9.17) is 0 Å². The molecular formula is C10H20N2O. The summed E-state index contributed by atoms with van der Waals surface area (Å²) in [5.41, 5.74) is -0.185. The Bertz CT molecular complexity index is 190. The zero-order chi connectivity index (χ0) is 10.5. The van der Waals surface area contributed by atoms with Crippen LogP contribution >= 0.6 is 0 Å². The van der Waals surface area contributed by atoms with Crippen LogP contribution in [0.3, 0.4) is 0 Å². The van der Waals surface area contributed by atoms with Crippen molar-refractivity contribution in [3.63, 3.8) is 0 Å². The molecule has 76 valence electrons. The molecule has 0 unspecified atom stereocenters. The molecule has 3 heteroatoms. The molecule has 0 bridgehead atoms. The van der Waals surface area contributed by atoms with E-state index < -0.39 is 0 Å². The predicted molar refractivity (Wildman–Crippen MR) is 55.4 cm³/mol. The molecule has 13 heavy (non-hydrogen) atoms. The number of carbonyl (C=O) groups is 1. The van der Waals surface area contributed by atoms with E-state index in [2.05, 4.69) is 24.5 Å². The average Bonchev–Trinajstić information content (AvgIpc) is 1.81. The van der Waals surface area contributed by atoms with E-state index in [0.717, 1.165) is 0 Å². The van der Waals surface area contributed by atoms with Gasteiger partial charge in [0.1, 0.15) is 0 Å². The van der Waals surface area contributed by atoms with Crippen molar-refractivity contribution in [1.29, 1.82) is 0 Å². The molecule has 3 nitrogen and oxygen atoms in total. The molecule has 0 aromatic carbocycles. The molecule has 0 saturated carbocycles. The van der Waals surface area contributed by atoms with Gasteiger partial charge in [-0.05, 0) is 26.7 Å². The molecule has 0 aliphatic carbocycles. The monoisotopic (exact) mass is 184 g/mol.